The molecule has 0 spiro atoms. The van der Waals surface area contributed by atoms with Crippen molar-refractivity contribution in [2.75, 3.05) is 0 Å². The predicted molar refractivity (Wildman–Crippen MR) is 91.4 cm³/mol. The minimum atomic E-state index is -0.262. The van der Waals surface area contributed by atoms with Crippen LogP contribution in [0.4, 0.5) is 4.39 Å². The van der Waals surface area contributed by atoms with E-state index in [4.69, 9.17) is 0 Å². The van der Waals surface area contributed by atoms with Crippen molar-refractivity contribution in [3.63, 3.8) is 0 Å². The lowest BCUT2D eigenvalue weighted by Gasteiger charge is -2.11. The normalized spacial score (nSPS) is 12.5. The summed E-state index contributed by atoms with van der Waals surface area (Å²) in [6.07, 6.45) is 5.89. The molecule has 1 atom stereocenters. The Hall–Kier alpha value is -2.47. The van der Waals surface area contributed by atoms with Crippen LogP contribution in [0.3, 0.4) is 0 Å². The molecule has 0 radical (unpaired) electrons. The van der Waals surface area contributed by atoms with Crippen LogP contribution in [0.25, 0.3) is 5.69 Å². The lowest BCUT2D eigenvalue weighted by atomic mass is 10.2. The van der Waals surface area contributed by atoms with E-state index in [-0.39, 0.29) is 11.9 Å². The summed E-state index contributed by atoms with van der Waals surface area (Å²) in [6.45, 7) is 7.71. The number of aromatic nitrogens is 4. The molecule has 1 N–H and O–H groups in total. The Morgan fingerprint density at radius 1 is 1.29 bits per heavy atom. The minimum Gasteiger partial charge on any atom is -0.306 e. The van der Waals surface area contributed by atoms with Crippen LogP contribution in [0.15, 0.2) is 42.9 Å². The van der Waals surface area contributed by atoms with Gasteiger partial charge in [0.25, 0.3) is 0 Å². The number of hydrogen-bond donors (Lipinski definition) is 1. The second-order valence-electron chi connectivity index (χ2n) is 5.90. The third-order valence-electron chi connectivity index (χ3n) is 4.15. The largest absolute Gasteiger partial charge is 0.306 e. The molecular weight excluding hydrogens is 305 g/mol. The highest BCUT2D eigenvalue weighted by molar-refractivity contribution is 5.33. The second-order valence-corrected chi connectivity index (χ2v) is 5.90. The molecule has 6 heteroatoms. The molecule has 2 aromatic heterocycles. The molecule has 24 heavy (non-hydrogen) atoms. The standard InChI is InChI=1S/C18H22FN5/c1-4-23-11-16(10-21-23)13(2)20-9-15-12-24(22-14(15)3)18-7-5-6-17(19)8-18/h5-8,10-13,20H,4,9H2,1-3H3. The highest BCUT2D eigenvalue weighted by Crippen LogP contribution is 2.16. The van der Waals surface area contributed by atoms with E-state index in [0.29, 0.717) is 6.54 Å². The highest BCUT2D eigenvalue weighted by atomic mass is 19.1. The Balaban J connectivity index is 1.69. The minimum absolute atomic E-state index is 0.196. The van der Waals surface area contributed by atoms with Gasteiger partial charge in [0.1, 0.15) is 5.82 Å². The van der Waals surface area contributed by atoms with Gasteiger partial charge >= 0.3 is 0 Å². The number of nitrogens with one attached hydrogen (secondary N) is 1. The van der Waals surface area contributed by atoms with Crippen LogP contribution < -0.4 is 5.32 Å². The van der Waals surface area contributed by atoms with Crippen molar-refractivity contribution >= 4 is 0 Å². The molecule has 0 saturated carbocycles. The number of benzene rings is 1. The van der Waals surface area contributed by atoms with E-state index in [1.165, 1.54) is 12.1 Å². The Labute approximate surface area is 141 Å². The van der Waals surface area contributed by atoms with Crippen LogP contribution in [0.1, 0.15) is 36.7 Å². The van der Waals surface area contributed by atoms with Gasteiger partial charge in [-0.05, 0) is 39.0 Å². The molecule has 0 saturated heterocycles. The number of rotatable bonds is 6. The van der Waals surface area contributed by atoms with E-state index in [1.807, 2.05) is 30.1 Å². The molecule has 2 heterocycles. The van der Waals surface area contributed by atoms with Crippen molar-refractivity contribution in [3.8, 4) is 5.69 Å². The van der Waals surface area contributed by atoms with Crippen LogP contribution in [-0.4, -0.2) is 19.6 Å². The second kappa shape index (κ2) is 6.97. The lowest BCUT2D eigenvalue weighted by Crippen LogP contribution is -2.17. The van der Waals surface area contributed by atoms with Crippen molar-refractivity contribution in [2.45, 2.75) is 39.9 Å². The summed E-state index contributed by atoms with van der Waals surface area (Å²) in [6, 6.07) is 6.63. The van der Waals surface area contributed by atoms with Crippen molar-refractivity contribution in [1.29, 1.82) is 0 Å². The van der Waals surface area contributed by atoms with Crippen LogP contribution in [0.2, 0.25) is 0 Å². The molecule has 0 aliphatic heterocycles. The summed E-state index contributed by atoms with van der Waals surface area (Å²) in [7, 11) is 0. The maximum atomic E-state index is 13.4. The third-order valence-corrected chi connectivity index (χ3v) is 4.15. The zero-order chi connectivity index (χ0) is 17.1. The van der Waals surface area contributed by atoms with Crippen molar-refractivity contribution in [1.82, 2.24) is 24.9 Å². The summed E-state index contributed by atoms with van der Waals surface area (Å²) < 4.78 is 17.0. The molecule has 3 aromatic rings. The first-order chi connectivity index (χ1) is 11.6. The molecule has 0 amide bonds. The first-order valence-corrected chi connectivity index (χ1v) is 8.13. The average molecular weight is 327 g/mol. The van der Waals surface area contributed by atoms with E-state index in [9.17, 15) is 4.39 Å². The molecule has 0 aliphatic carbocycles. The molecule has 1 unspecified atom stereocenters. The van der Waals surface area contributed by atoms with Gasteiger partial charge in [-0.3, -0.25) is 4.68 Å². The van der Waals surface area contributed by atoms with Crippen LogP contribution in [0, 0.1) is 12.7 Å². The number of halogens is 1. The Morgan fingerprint density at radius 2 is 2.12 bits per heavy atom. The average Bonchev–Trinajstić information content (AvgIpc) is 3.19. The number of hydrogen-bond acceptors (Lipinski definition) is 3. The maximum Gasteiger partial charge on any atom is 0.125 e. The van der Waals surface area contributed by atoms with E-state index < -0.39 is 0 Å². The van der Waals surface area contributed by atoms with E-state index in [0.717, 1.165) is 29.1 Å². The number of nitrogens with zero attached hydrogens (tertiary/aromatic N) is 4. The zero-order valence-corrected chi connectivity index (χ0v) is 14.2. The predicted octanol–water partition coefficient (Wildman–Crippen LogP) is 3.39. The lowest BCUT2D eigenvalue weighted by molar-refractivity contribution is 0.571. The summed E-state index contributed by atoms with van der Waals surface area (Å²) in [4.78, 5) is 0. The molecule has 0 fully saturated rings. The summed E-state index contributed by atoms with van der Waals surface area (Å²) >= 11 is 0. The first-order valence-electron chi connectivity index (χ1n) is 8.13. The van der Waals surface area contributed by atoms with Gasteiger partial charge in [0.15, 0.2) is 0 Å². The molecule has 0 bridgehead atoms. The third kappa shape index (κ3) is 3.54. The van der Waals surface area contributed by atoms with E-state index in [2.05, 4.69) is 35.6 Å². The van der Waals surface area contributed by atoms with Crippen molar-refractivity contribution < 1.29 is 4.39 Å². The zero-order valence-electron chi connectivity index (χ0n) is 14.2. The maximum absolute atomic E-state index is 13.4. The van der Waals surface area contributed by atoms with Gasteiger partial charge in [-0.1, -0.05) is 6.07 Å². The summed E-state index contributed by atoms with van der Waals surface area (Å²) in [5.41, 5.74) is 3.91. The van der Waals surface area contributed by atoms with Crippen molar-refractivity contribution in [3.05, 3.63) is 65.5 Å². The summed E-state index contributed by atoms with van der Waals surface area (Å²) in [5.74, 6) is -0.262. The number of aryl methyl sites for hydroxylation is 2. The topological polar surface area (TPSA) is 47.7 Å². The Kier molecular flexibility index (Phi) is 4.76. The molecule has 1 aromatic carbocycles. The molecule has 126 valence electrons. The molecule has 3 rings (SSSR count). The van der Waals surface area contributed by atoms with Gasteiger partial charge in [0.05, 0.1) is 17.6 Å². The van der Waals surface area contributed by atoms with Crippen LogP contribution in [0.5, 0.6) is 0 Å². The fraction of sp³-hybridized carbons (Fsp3) is 0.333. The Morgan fingerprint density at radius 3 is 2.83 bits per heavy atom. The van der Waals surface area contributed by atoms with Crippen LogP contribution in [-0.2, 0) is 13.1 Å². The van der Waals surface area contributed by atoms with Crippen LogP contribution >= 0.6 is 0 Å². The highest BCUT2D eigenvalue weighted by Gasteiger charge is 2.11. The quantitative estimate of drug-likeness (QED) is 0.755. The van der Waals surface area contributed by atoms with E-state index >= 15 is 0 Å². The van der Waals surface area contributed by atoms with Gasteiger partial charge in [-0.15, -0.1) is 0 Å². The van der Waals surface area contributed by atoms with Gasteiger partial charge < -0.3 is 5.32 Å². The van der Waals surface area contributed by atoms with Gasteiger partial charge in [0, 0.05) is 42.7 Å². The monoisotopic (exact) mass is 327 g/mol. The van der Waals surface area contributed by atoms with Crippen molar-refractivity contribution in [2.24, 2.45) is 0 Å². The van der Waals surface area contributed by atoms with Gasteiger partial charge in [0.2, 0.25) is 0 Å². The molecule has 0 aliphatic rings. The fourth-order valence-corrected chi connectivity index (χ4v) is 2.58. The Bertz CT molecular complexity index is 820. The van der Waals surface area contributed by atoms with Gasteiger partial charge in [-0.25, -0.2) is 9.07 Å². The molecule has 5 nitrogen and oxygen atoms in total. The van der Waals surface area contributed by atoms with Gasteiger partial charge in [-0.2, -0.15) is 10.2 Å². The SMILES string of the molecule is CCn1cc(C(C)NCc2cn(-c3cccc(F)c3)nc2C)cn1. The van der Waals surface area contributed by atoms with E-state index in [1.54, 1.807) is 10.7 Å². The molecular formula is C18H22FN5. The fourth-order valence-electron chi connectivity index (χ4n) is 2.58. The smallest absolute Gasteiger partial charge is 0.125 e. The summed E-state index contributed by atoms with van der Waals surface area (Å²) in [5, 5.41) is 12.3. The first kappa shape index (κ1) is 16.4.